The van der Waals surface area contributed by atoms with E-state index in [0.717, 1.165) is 25.6 Å². The van der Waals surface area contributed by atoms with Crippen molar-refractivity contribution in [3.05, 3.63) is 21.9 Å². The van der Waals surface area contributed by atoms with Crippen LogP contribution in [0.15, 0.2) is 16.4 Å². The number of guanidine groups is 1. The quantitative estimate of drug-likeness (QED) is 0.450. The zero-order valence-electron chi connectivity index (χ0n) is 12.4. The first-order chi connectivity index (χ1) is 8.69. The molecule has 110 valence electrons. The lowest BCUT2D eigenvalue weighted by molar-refractivity contribution is 0.465. The van der Waals surface area contributed by atoms with Crippen LogP contribution in [0.2, 0.25) is 0 Å². The summed E-state index contributed by atoms with van der Waals surface area (Å²) >= 11 is 1.79. The molecule has 0 aliphatic rings. The largest absolute Gasteiger partial charge is 0.357 e. The molecule has 1 aromatic heterocycles. The molecular weight excluding hydrogens is 369 g/mol. The fraction of sp³-hybridized carbons (Fsp3) is 0.643. The van der Waals surface area contributed by atoms with Gasteiger partial charge in [-0.15, -0.1) is 35.3 Å². The zero-order chi connectivity index (χ0) is 13.4. The summed E-state index contributed by atoms with van der Waals surface area (Å²) in [6, 6.07) is 2.16. The average molecular weight is 395 g/mol. The average Bonchev–Trinajstić information content (AvgIpc) is 2.77. The molecule has 5 heteroatoms. The third-order valence-electron chi connectivity index (χ3n) is 2.88. The Morgan fingerprint density at radius 1 is 1.42 bits per heavy atom. The lowest BCUT2D eigenvalue weighted by atomic mass is 10.3. The highest BCUT2D eigenvalue weighted by atomic mass is 127. The standard InChI is InChI=1S/C14H25N3S.HI/c1-5-7-9-17(4)14(15-6-2)16-11-13-12(3)8-10-18-13;/h8,10H,5-7,9,11H2,1-4H3,(H,15,16);1H. The SMILES string of the molecule is CCCCN(C)C(=NCc1sccc1C)NCC.I. The van der Waals surface area contributed by atoms with E-state index in [0.29, 0.717) is 0 Å². The van der Waals surface area contributed by atoms with Gasteiger partial charge in [-0.1, -0.05) is 13.3 Å². The molecule has 1 aromatic rings. The molecular formula is C14H26IN3S. The van der Waals surface area contributed by atoms with E-state index in [2.05, 4.69) is 49.5 Å². The molecule has 1 N–H and O–H groups in total. The van der Waals surface area contributed by atoms with Crippen LogP contribution in [0, 0.1) is 6.92 Å². The predicted molar refractivity (Wildman–Crippen MR) is 96.8 cm³/mol. The van der Waals surface area contributed by atoms with E-state index < -0.39 is 0 Å². The molecule has 1 heterocycles. The molecule has 1 rings (SSSR count). The van der Waals surface area contributed by atoms with Gasteiger partial charge >= 0.3 is 0 Å². The Labute approximate surface area is 138 Å². The van der Waals surface area contributed by atoms with Gasteiger partial charge in [0.05, 0.1) is 6.54 Å². The monoisotopic (exact) mass is 395 g/mol. The minimum absolute atomic E-state index is 0. The van der Waals surface area contributed by atoms with Crippen LogP contribution in [0.5, 0.6) is 0 Å². The second-order valence-electron chi connectivity index (χ2n) is 4.47. The Kier molecular flexibility index (Phi) is 10.3. The molecule has 0 saturated heterocycles. The fourth-order valence-electron chi connectivity index (χ4n) is 1.68. The Hall–Kier alpha value is -0.300. The van der Waals surface area contributed by atoms with Crippen LogP contribution < -0.4 is 5.32 Å². The van der Waals surface area contributed by atoms with Crippen LogP contribution in [-0.2, 0) is 6.54 Å². The van der Waals surface area contributed by atoms with Crippen LogP contribution in [0.25, 0.3) is 0 Å². The molecule has 0 saturated carbocycles. The maximum Gasteiger partial charge on any atom is 0.194 e. The Morgan fingerprint density at radius 3 is 2.68 bits per heavy atom. The number of halogens is 1. The maximum absolute atomic E-state index is 4.71. The highest BCUT2D eigenvalue weighted by molar-refractivity contribution is 14.0. The number of unbranched alkanes of at least 4 members (excludes halogenated alkanes) is 1. The molecule has 0 aliphatic heterocycles. The number of aliphatic imine (C=N–C) groups is 1. The highest BCUT2D eigenvalue weighted by Crippen LogP contribution is 2.16. The van der Waals surface area contributed by atoms with E-state index in [1.807, 2.05) is 0 Å². The number of thiophene rings is 1. The third-order valence-corrected chi connectivity index (χ3v) is 3.89. The van der Waals surface area contributed by atoms with Crippen molar-refractivity contribution in [2.45, 2.75) is 40.2 Å². The van der Waals surface area contributed by atoms with Crippen molar-refractivity contribution in [3.8, 4) is 0 Å². The van der Waals surface area contributed by atoms with Crippen LogP contribution in [0.3, 0.4) is 0 Å². The molecule has 0 aromatic carbocycles. The Morgan fingerprint density at radius 2 is 2.16 bits per heavy atom. The first kappa shape index (κ1) is 18.7. The maximum atomic E-state index is 4.71. The first-order valence-corrected chi connectivity index (χ1v) is 7.59. The molecule has 19 heavy (non-hydrogen) atoms. The summed E-state index contributed by atoms with van der Waals surface area (Å²) in [4.78, 5) is 8.29. The van der Waals surface area contributed by atoms with Crippen molar-refractivity contribution >= 4 is 41.3 Å². The van der Waals surface area contributed by atoms with E-state index in [1.165, 1.54) is 23.3 Å². The van der Waals surface area contributed by atoms with Gasteiger partial charge in [0, 0.05) is 25.0 Å². The number of hydrogen-bond donors (Lipinski definition) is 1. The fourth-order valence-corrected chi connectivity index (χ4v) is 2.51. The zero-order valence-corrected chi connectivity index (χ0v) is 15.5. The summed E-state index contributed by atoms with van der Waals surface area (Å²) in [6.45, 7) is 9.23. The van der Waals surface area contributed by atoms with E-state index in [4.69, 9.17) is 4.99 Å². The molecule has 0 aliphatic carbocycles. The lowest BCUT2D eigenvalue weighted by Crippen LogP contribution is -2.39. The molecule has 0 spiro atoms. The summed E-state index contributed by atoms with van der Waals surface area (Å²) < 4.78 is 0. The number of aryl methyl sites for hydroxylation is 1. The smallest absolute Gasteiger partial charge is 0.194 e. The van der Waals surface area contributed by atoms with E-state index in [1.54, 1.807) is 11.3 Å². The van der Waals surface area contributed by atoms with Crippen molar-refractivity contribution in [1.82, 2.24) is 10.2 Å². The molecule has 0 amide bonds. The summed E-state index contributed by atoms with van der Waals surface area (Å²) in [6.07, 6.45) is 2.42. The number of nitrogens with zero attached hydrogens (tertiary/aromatic N) is 2. The van der Waals surface area contributed by atoms with Crippen molar-refractivity contribution < 1.29 is 0 Å². The van der Waals surface area contributed by atoms with Gasteiger partial charge in [0.1, 0.15) is 0 Å². The second kappa shape index (κ2) is 10.5. The van der Waals surface area contributed by atoms with Gasteiger partial charge in [-0.3, -0.25) is 0 Å². The Bertz CT molecular complexity index is 377. The number of rotatable bonds is 6. The van der Waals surface area contributed by atoms with E-state index >= 15 is 0 Å². The highest BCUT2D eigenvalue weighted by Gasteiger charge is 2.05. The lowest BCUT2D eigenvalue weighted by Gasteiger charge is -2.21. The summed E-state index contributed by atoms with van der Waals surface area (Å²) in [5, 5.41) is 5.49. The van der Waals surface area contributed by atoms with E-state index in [-0.39, 0.29) is 24.0 Å². The first-order valence-electron chi connectivity index (χ1n) is 6.71. The second-order valence-corrected chi connectivity index (χ2v) is 5.47. The van der Waals surface area contributed by atoms with E-state index in [9.17, 15) is 0 Å². The van der Waals surface area contributed by atoms with Gasteiger partial charge in [0.15, 0.2) is 5.96 Å². The normalized spacial score (nSPS) is 11.1. The topological polar surface area (TPSA) is 27.6 Å². The number of nitrogens with one attached hydrogen (secondary N) is 1. The molecule has 0 unspecified atom stereocenters. The van der Waals surface area contributed by atoms with Crippen molar-refractivity contribution in [1.29, 1.82) is 0 Å². The van der Waals surface area contributed by atoms with Gasteiger partial charge < -0.3 is 10.2 Å². The summed E-state index contributed by atoms with van der Waals surface area (Å²) in [5.74, 6) is 1.01. The van der Waals surface area contributed by atoms with Gasteiger partial charge in [0.25, 0.3) is 0 Å². The van der Waals surface area contributed by atoms with Crippen LogP contribution in [-0.4, -0.2) is 31.0 Å². The van der Waals surface area contributed by atoms with Gasteiger partial charge in [-0.05, 0) is 37.3 Å². The van der Waals surface area contributed by atoms with Crippen LogP contribution in [0.1, 0.15) is 37.1 Å². The van der Waals surface area contributed by atoms with Crippen molar-refractivity contribution in [2.75, 3.05) is 20.1 Å². The molecule has 0 bridgehead atoms. The Balaban J connectivity index is 0.00000324. The summed E-state index contributed by atoms with van der Waals surface area (Å²) in [5.41, 5.74) is 1.34. The molecule has 3 nitrogen and oxygen atoms in total. The van der Waals surface area contributed by atoms with Crippen LogP contribution in [0.4, 0.5) is 0 Å². The summed E-state index contributed by atoms with van der Waals surface area (Å²) in [7, 11) is 2.11. The number of hydrogen-bond acceptors (Lipinski definition) is 2. The van der Waals surface area contributed by atoms with Crippen LogP contribution >= 0.6 is 35.3 Å². The predicted octanol–water partition coefficient (Wildman–Crippen LogP) is 3.87. The minimum atomic E-state index is 0. The molecule has 0 atom stereocenters. The van der Waals surface area contributed by atoms with Gasteiger partial charge in [-0.25, -0.2) is 4.99 Å². The third kappa shape index (κ3) is 6.61. The molecule has 0 fully saturated rings. The van der Waals surface area contributed by atoms with Gasteiger partial charge in [-0.2, -0.15) is 0 Å². The van der Waals surface area contributed by atoms with Crippen molar-refractivity contribution in [3.63, 3.8) is 0 Å². The molecule has 0 radical (unpaired) electrons. The van der Waals surface area contributed by atoms with Gasteiger partial charge in [0.2, 0.25) is 0 Å². The minimum Gasteiger partial charge on any atom is -0.357 e. The van der Waals surface area contributed by atoms with Crippen molar-refractivity contribution in [2.24, 2.45) is 4.99 Å².